The van der Waals surface area contributed by atoms with Crippen LogP contribution in [0, 0.1) is 0 Å². The summed E-state index contributed by atoms with van der Waals surface area (Å²) in [5, 5.41) is 19.4. The molecule has 0 aliphatic heterocycles. The number of fused-ring (bicyclic) bond motifs is 1. The van der Waals surface area contributed by atoms with E-state index >= 15 is 0 Å². The highest BCUT2D eigenvalue weighted by Gasteiger charge is 2.05. The molecule has 0 saturated heterocycles. The van der Waals surface area contributed by atoms with Gasteiger partial charge in [0.2, 0.25) is 0 Å². The number of phenolic OH excluding ortho intramolecular Hbond substituents is 2. The Labute approximate surface area is 90.5 Å². The molecule has 3 nitrogen and oxygen atoms in total. The summed E-state index contributed by atoms with van der Waals surface area (Å²) < 4.78 is 0. The molecule has 2 N–H and O–H groups in total. The number of carbonyl (C=O) groups is 1. The summed E-state index contributed by atoms with van der Waals surface area (Å²) in [6.07, 6.45) is 0. The van der Waals surface area contributed by atoms with Crippen molar-refractivity contribution in [1.29, 1.82) is 0 Å². The summed E-state index contributed by atoms with van der Waals surface area (Å²) in [7, 11) is 0. The third-order valence-electron chi connectivity index (χ3n) is 2.16. The van der Waals surface area contributed by atoms with Crippen LogP contribution in [-0.2, 0) is 0 Å². The number of halogens is 1. The molecule has 0 aromatic heterocycles. The number of rotatable bonds is 1. The summed E-state index contributed by atoms with van der Waals surface area (Å²) >= 11 is 5.32. The Morgan fingerprint density at radius 2 is 1.60 bits per heavy atom. The van der Waals surface area contributed by atoms with Crippen molar-refractivity contribution in [1.82, 2.24) is 0 Å². The van der Waals surface area contributed by atoms with Crippen molar-refractivity contribution in [3.63, 3.8) is 0 Å². The standard InChI is InChI=1S/C11H7ClO3/c12-11(15)7-2-1-6-4-9(13)10(14)5-8(6)3-7/h1-5,13-14H. The molecule has 0 amide bonds. The molecule has 0 spiro atoms. The monoisotopic (exact) mass is 222 g/mol. The molecule has 2 rings (SSSR count). The van der Waals surface area contributed by atoms with Crippen molar-refractivity contribution in [2.24, 2.45) is 0 Å². The fourth-order valence-electron chi connectivity index (χ4n) is 1.40. The molecule has 0 aliphatic carbocycles. The fourth-order valence-corrected chi connectivity index (χ4v) is 1.51. The van der Waals surface area contributed by atoms with E-state index in [4.69, 9.17) is 11.6 Å². The molecule has 0 fully saturated rings. The van der Waals surface area contributed by atoms with E-state index in [2.05, 4.69) is 0 Å². The van der Waals surface area contributed by atoms with Gasteiger partial charge in [0.1, 0.15) is 0 Å². The van der Waals surface area contributed by atoms with Gasteiger partial charge in [-0.25, -0.2) is 0 Å². The van der Waals surface area contributed by atoms with Crippen LogP contribution in [0.3, 0.4) is 0 Å². The Kier molecular flexibility index (Phi) is 2.25. The zero-order valence-corrected chi connectivity index (χ0v) is 8.32. The summed E-state index contributed by atoms with van der Waals surface area (Å²) in [4.78, 5) is 10.9. The summed E-state index contributed by atoms with van der Waals surface area (Å²) in [5.74, 6) is -0.408. The second-order valence-electron chi connectivity index (χ2n) is 3.18. The van der Waals surface area contributed by atoms with Crippen molar-refractivity contribution in [3.05, 3.63) is 35.9 Å². The third kappa shape index (κ3) is 1.74. The van der Waals surface area contributed by atoms with Gasteiger partial charge >= 0.3 is 0 Å². The number of carbonyl (C=O) groups excluding carboxylic acids is 1. The van der Waals surface area contributed by atoms with Crippen LogP contribution >= 0.6 is 11.6 Å². The second-order valence-corrected chi connectivity index (χ2v) is 3.52. The van der Waals surface area contributed by atoms with Crippen molar-refractivity contribution in [2.75, 3.05) is 0 Å². The average Bonchev–Trinajstić information content (AvgIpc) is 2.19. The maximum atomic E-state index is 10.9. The summed E-state index contributed by atoms with van der Waals surface area (Å²) in [6.45, 7) is 0. The number of hydrogen-bond donors (Lipinski definition) is 2. The van der Waals surface area contributed by atoms with Crippen LogP contribution in [0.25, 0.3) is 10.8 Å². The highest BCUT2D eigenvalue weighted by atomic mass is 35.5. The van der Waals surface area contributed by atoms with Crippen LogP contribution < -0.4 is 0 Å². The first kappa shape index (κ1) is 9.80. The van der Waals surface area contributed by atoms with Gasteiger partial charge in [-0.1, -0.05) is 6.07 Å². The minimum atomic E-state index is -0.551. The van der Waals surface area contributed by atoms with Crippen molar-refractivity contribution < 1.29 is 15.0 Å². The molecule has 0 atom stereocenters. The van der Waals surface area contributed by atoms with Crippen molar-refractivity contribution in [2.45, 2.75) is 0 Å². The molecule has 4 heteroatoms. The molecular weight excluding hydrogens is 216 g/mol. The van der Waals surface area contributed by atoms with Gasteiger partial charge in [-0.15, -0.1) is 0 Å². The predicted molar refractivity (Wildman–Crippen MR) is 57.5 cm³/mol. The molecule has 0 saturated carbocycles. The van der Waals surface area contributed by atoms with E-state index in [1.165, 1.54) is 12.1 Å². The zero-order valence-electron chi connectivity index (χ0n) is 7.57. The number of phenols is 2. The van der Waals surface area contributed by atoms with Crippen LogP contribution in [-0.4, -0.2) is 15.5 Å². The largest absolute Gasteiger partial charge is 0.504 e. The molecule has 15 heavy (non-hydrogen) atoms. The topological polar surface area (TPSA) is 57.5 Å². The zero-order chi connectivity index (χ0) is 11.0. The normalized spacial score (nSPS) is 10.5. The molecular formula is C11H7ClO3. The Bertz CT molecular complexity index is 549. The maximum absolute atomic E-state index is 10.9. The Morgan fingerprint density at radius 1 is 1.00 bits per heavy atom. The summed E-state index contributed by atoms with van der Waals surface area (Å²) in [5.41, 5.74) is 0.356. The Hall–Kier alpha value is -1.74. The van der Waals surface area contributed by atoms with Crippen molar-refractivity contribution in [3.8, 4) is 11.5 Å². The van der Waals surface area contributed by atoms with Crippen LogP contribution in [0.5, 0.6) is 11.5 Å². The smallest absolute Gasteiger partial charge is 0.252 e. The van der Waals surface area contributed by atoms with Gasteiger partial charge in [0.15, 0.2) is 11.5 Å². The lowest BCUT2D eigenvalue weighted by atomic mass is 10.1. The predicted octanol–water partition coefficient (Wildman–Crippen LogP) is 2.63. The van der Waals surface area contributed by atoms with E-state index in [1.807, 2.05) is 0 Å². The van der Waals surface area contributed by atoms with E-state index in [9.17, 15) is 15.0 Å². The maximum Gasteiger partial charge on any atom is 0.252 e. The van der Waals surface area contributed by atoms with Gasteiger partial charge in [-0.3, -0.25) is 4.79 Å². The highest BCUT2D eigenvalue weighted by molar-refractivity contribution is 6.67. The number of hydrogen-bond acceptors (Lipinski definition) is 3. The lowest BCUT2D eigenvalue weighted by Gasteiger charge is -2.02. The van der Waals surface area contributed by atoms with Crippen LogP contribution in [0.2, 0.25) is 0 Å². The summed E-state index contributed by atoms with van der Waals surface area (Å²) in [6, 6.07) is 7.59. The van der Waals surface area contributed by atoms with E-state index < -0.39 is 5.24 Å². The lowest BCUT2D eigenvalue weighted by Crippen LogP contribution is -1.87. The highest BCUT2D eigenvalue weighted by Crippen LogP contribution is 2.30. The van der Waals surface area contributed by atoms with Crippen LogP contribution in [0.4, 0.5) is 0 Å². The molecule has 2 aromatic carbocycles. The first-order chi connectivity index (χ1) is 7.08. The lowest BCUT2D eigenvalue weighted by molar-refractivity contribution is 0.108. The van der Waals surface area contributed by atoms with Gasteiger partial charge < -0.3 is 10.2 Å². The minimum absolute atomic E-state index is 0.188. The first-order valence-electron chi connectivity index (χ1n) is 4.23. The van der Waals surface area contributed by atoms with Gasteiger partial charge in [-0.05, 0) is 46.6 Å². The van der Waals surface area contributed by atoms with Crippen LogP contribution in [0.1, 0.15) is 10.4 Å². The van der Waals surface area contributed by atoms with E-state index in [0.29, 0.717) is 10.9 Å². The number of aromatic hydroxyl groups is 2. The average molecular weight is 223 g/mol. The van der Waals surface area contributed by atoms with Crippen molar-refractivity contribution >= 4 is 27.6 Å². The van der Waals surface area contributed by atoms with E-state index in [-0.39, 0.29) is 11.5 Å². The molecule has 0 aliphatic rings. The molecule has 76 valence electrons. The second kappa shape index (κ2) is 3.44. The van der Waals surface area contributed by atoms with Gasteiger partial charge in [0.25, 0.3) is 5.24 Å². The molecule has 2 aromatic rings. The Balaban J connectivity index is 2.72. The van der Waals surface area contributed by atoms with Crippen LogP contribution in [0.15, 0.2) is 30.3 Å². The molecule has 0 unspecified atom stereocenters. The number of benzene rings is 2. The van der Waals surface area contributed by atoms with Gasteiger partial charge in [-0.2, -0.15) is 0 Å². The minimum Gasteiger partial charge on any atom is -0.504 e. The first-order valence-corrected chi connectivity index (χ1v) is 4.61. The fraction of sp³-hybridized carbons (Fsp3) is 0. The van der Waals surface area contributed by atoms with Gasteiger partial charge in [0.05, 0.1) is 0 Å². The quantitative estimate of drug-likeness (QED) is 0.576. The molecule has 0 radical (unpaired) electrons. The molecule has 0 bridgehead atoms. The SMILES string of the molecule is O=C(Cl)c1ccc2cc(O)c(O)cc2c1. The van der Waals surface area contributed by atoms with E-state index in [0.717, 1.165) is 5.39 Å². The van der Waals surface area contributed by atoms with Gasteiger partial charge in [0, 0.05) is 5.56 Å². The van der Waals surface area contributed by atoms with E-state index in [1.54, 1.807) is 18.2 Å². The third-order valence-corrected chi connectivity index (χ3v) is 2.38. The molecule has 0 heterocycles. The Morgan fingerprint density at radius 3 is 2.20 bits per heavy atom.